The zero-order valence-electron chi connectivity index (χ0n) is 19.0. The van der Waals surface area contributed by atoms with Crippen LogP contribution in [0.1, 0.15) is 65.4 Å². The summed E-state index contributed by atoms with van der Waals surface area (Å²) in [7, 11) is 0. The van der Waals surface area contributed by atoms with Gasteiger partial charge < -0.3 is 10.2 Å². The summed E-state index contributed by atoms with van der Waals surface area (Å²) in [6.45, 7) is 1.59. The molecule has 1 saturated heterocycles. The summed E-state index contributed by atoms with van der Waals surface area (Å²) in [6, 6.07) is 13.9. The van der Waals surface area contributed by atoms with E-state index in [4.69, 9.17) is 0 Å². The van der Waals surface area contributed by atoms with Crippen molar-refractivity contribution in [3.05, 3.63) is 71.8 Å². The summed E-state index contributed by atoms with van der Waals surface area (Å²) in [5, 5.41) is 11.4. The number of likely N-dealkylation sites (tertiary alicyclic amines) is 1. The first-order valence-corrected chi connectivity index (χ1v) is 12.0. The Bertz CT molecular complexity index is 1160. The molecule has 0 spiro atoms. The number of rotatable bonds is 5. The number of aromatic nitrogens is 3. The Morgan fingerprint density at radius 3 is 2.35 bits per heavy atom. The van der Waals surface area contributed by atoms with Crippen LogP contribution in [0.4, 0.5) is 4.39 Å². The van der Waals surface area contributed by atoms with Crippen LogP contribution in [-0.4, -0.2) is 50.8 Å². The van der Waals surface area contributed by atoms with Gasteiger partial charge in [0.05, 0.1) is 12.2 Å². The SMILES string of the molecule is O=C(NC1CCC(n2cc(C(=O)N3CCCC3)nn2)CC1)c1ccc(-c2ccccc2F)cc1. The number of amides is 2. The van der Waals surface area contributed by atoms with E-state index in [9.17, 15) is 14.0 Å². The molecule has 7 nitrogen and oxygen atoms in total. The quantitative estimate of drug-likeness (QED) is 0.617. The topological polar surface area (TPSA) is 80.1 Å². The Hall–Kier alpha value is -3.55. The first kappa shape index (κ1) is 22.3. The zero-order valence-corrected chi connectivity index (χ0v) is 19.0. The Labute approximate surface area is 198 Å². The molecule has 5 rings (SSSR count). The fraction of sp³-hybridized carbons (Fsp3) is 0.385. The van der Waals surface area contributed by atoms with Crippen LogP contribution in [0.5, 0.6) is 0 Å². The van der Waals surface area contributed by atoms with E-state index in [1.807, 2.05) is 9.58 Å². The predicted molar refractivity (Wildman–Crippen MR) is 126 cm³/mol. The number of nitrogens with zero attached hydrogens (tertiary/aromatic N) is 4. The molecule has 176 valence electrons. The lowest BCUT2D eigenvalue weighted by Gasteiger charge is -2.29. The monoisotopic (exact) mass is 461 g/mol. The second kappa shape index (κ2) is 9.75. The highest BCUT2D eigenvalue weighted by Crippen LogP contribution is 2.29. The van der Waals surface area contributed by atoms with Gasteiger partial charge in [-0.1, -0.05) is 35.5 Å². The number of carbonyl (C=O) groups is 2. The van der Waals surface area contributed by atoms with E-state index in [2.05, 4.69) is 15.6 Å². The molecule has 8 heteroatoms. The van der Waals surface area contributed by atoms with E-state index >= 15 is 0 Å². The molecular formula is C26H28FN5O2. The smallest absolute Gasteiger partial charge is 0.276 e. The van der Waals surface area contributed by atoms with E-state index in [1.165, 1.54) is 6.07 Å². The highest BCUT2D eigenvalue weighted by atomic mass is 19.1. The molecule has 2 aliphatic rings. The first-order chi connectivity index (χ1) is 16.6. The number of hydrogen-bond donors (Lipinski definition) is 1. The van der Waals surface area contributed by atoms with E-state index < -0.39 is 0 Å². The Morgan fingerprint density at radius 2 is 1.65 bits per heavy atom. The summed E-state index contributed by atoms with van der Waals surface area (Å²) < 4.78 is 15.8. The molecule has 34 heavy (non-hydrogen) atoms. The summed E-state index contributed by atoms with van der Waals surface area (Å²) in [5.41, 5.74) is 2.23. The second-order valence-corrected chi connectivity index (χ2v) is 9.12. The highest BCUT2D eigenvalue weighted by Gasteiger charge is 2.27. The molecule has 1 saturated carbocycles. The number of carbonyl (C=O) groups excluding carboxylic acids is 2. The van der Waals surface area contributed by atoms with Gasteiger partial charge >= 0.3 is 0 Å². The summed E-state index contributed by atoms with van der Waals surface area (Å²) in [4.78, 5) is 27.1. The van der Waals surface area contributed by atoms with Crippen LogP contribution in [-0.2, 0) is 0 Å². The third kappa shape index (κ3) is 4.71. The maximum absolute atomic E-state index is 14.0. The van der Waals surface area contributed by atoms with Gasteiger partial charge in [0, 0.05) is 30.3 Å². The lowest BCUT2D eigenvalue weighted by Crippen LogP contribution is -2.38. The summed E-state index contributed by atoms with van der Waals surface area (Å²) in [6.07, 6.45) is 7.24. The second-order valence-electron chi connectivity index (χ2n) is 9.12. The van der Waals surface area contributed by atoms with Gasteiger partial charge in [0.25, 0.3) is 11.8 Å². The van der Waals surface area contributed by atoms with Crippen molar-refractivity contribution < 1.29 is 14.0 Å². The molecule has 2 aromatic carbocycles. The fourth-order valence-electron chi connectivity index (χ4n) is 4.89. The third-order valence-electron chi connectivity index (χ3n) is 6.86. The largest absolute Gasteiger partial charge is 0.349 e. The van der Waals surface area contributed by atoms with Crippen LogP contribution in [0.2, 0.25) is 0 Å². The lowest BCUT2D eigenvalue weighted by atomic mass is 9.91. The summed E-state index contributed by atoms with van der Waals surface area (Å²) in [5.74, 6) is -0.440. The molecular weight excluding hydrogens is 433 g/mol. The zero-order chi connectivity index (χ0) is 23.5. The van der Waals surface area contributed by atoms with Crippen LogP contribution >= 0.6 is 0 Å². The average Bonchev–Trinajstić information content (AvgIpc) is 3.58. The van der Waals surface area contributed by atoms with E-state index in [0.29, 0.717) is 16.8 Å². The molecule has 1 aromatic heterocycles. The van der Waals surface area contributed by atoms with Crippen LogP contribution in [0, 0.1) is 5.82 Å². The molecule has 2 heterocycles. The molecule has 1 aliphatic heterocycles. The van der Waals surface area contributed by atoms with E-state index in [0.717, 1.165) is 57.2 Å². The van der Waals surface area contributed by atoms with Crippen molar-refractivity contribution in [2.75, 3.05) is 13.1 Å². The van der Waals surface area contributed by atoms with E-state index in [1.54, 1.807) is 48.7 Å². The fourth-order valence-corrected chi connectivity index (χ4v) is 4.89. The van der Waals surface area contributed by atoms with E-state index in [-0.39, 0.29) is 29.7 Å². The van der Waals surface area contributed by atoms with Gasteiger partial charge in [0.15, 0.2) is 5.69 Å². The molecule has 0 unspecified atom stereocenters. The molecule has 1 aliphatic carbocycles. The standard InChI is InChI=1S/C26H28FN5O2/c27-23-6-2-1-5-22(23)18-7-9-19(10-8-18)25(33)28-20-11-13-21(14-12-20)32-17-24(29-30-32)26(34)31-15-3-4-16-31/h1-2,5-10,17,20-21H,3-4,11-16H2,(H,28,33). The molecule has 2 fully saturated rings. The van der Waals surface area contributed by atoms with Crippen molar-refractivity contribution in [1.29, 1.82) is 0 Å². The number of benzene rings is 2. The normalized spacial score (nSPS) is 20.3. The van der Waals surface area contributed by atoms with Crippen molar-refractivity contribution >= 4 is 11.8 Å². The Morgan fingerprint density at radius 1 is 0.941 bits per heavy atom. The van der Waals surface area contributed by atoms with Crippen LogP contribution in [0.3, 0.4) is 0 Å². The predicted octanol–water partition coefficient (Wildman–Crippen LogP) is 4.23. The Kier molecular flexibility index (Phi) is 6.38. The van der Waals surface area contributed by atoms with Crippen molar-refractivity contribution in [2.24, 2.45) is 0 Å². The number of hydrogen-bond acceptors (Lipinski definition) is 4. The van der Waals surface area contributed by atoms with Crippen molar-refractivity contribution in [1.82, 2.24) is 25.2 Å². The minimum Gasteiger partial charge on any atom is -0.349 e. The minimum absolute atomic E-state index is 0.0364. The van der Waals surface area contributed by atoms with Crippen molar-refractivity contribution in [3.8, 4) is 11.1 Å². The first-order valence-electron chi connectivity index (χ1n) is 12.0. The van der Waals surface area contributed by atoms with Gasteiger partial charge in [-0.05, 0) is 62.3 Å². The van der Waals surface area contributed by atoms with Crippen molar-refractivity contribution in [3.63, 3.8) is 0 Å². The molecule has 1 N–H and O–H groups in total. The van der Waals surface area contributed by atoms with Crippen LogP contribution in [0.25, 0.3) is 11.1 Å². The van der Waals surface area contributed by atoms with Gasteiger partial charge in [-0.25, -0.2) is 9.07 Å². The van der Waals surface area contributed by atoms with Crippen LogP contribution in [0.15, 0.2) is 54.7 Å². The van der Waals surface area contributed by atoms with Gasteiger partial charge in [-0.2, -0.15) is 0 Å². The molecule has 0 bridgehead atoms. The molecule has 2 amide bonds. The van der Waals surface area contributed by atoms with Gasteiger partial charge in [-0.15, -0.1) is 5.10 Å². The number of nitrogens with one attached hydrogen (secondary N) is 1. The highest BCUT2D eigenvalue weighted by molar-refractivity contribution is 5.95. The van der Waals surface area contributed by atoms with Crippen molar-refractivity contribution in [2.45, 2.75) is 50.6 Å². The maximum Gasteiger partial charge on any atom is 0.276 e. The van der Waals surface area contributed by atoms with Crippen LogP contribution < -0.4 is 5.32 Å². The molecule has 0 atom stereocenters. The Balaban J connectivity index is 1.14. The molecule has 0 radical (unpaired) electrons. The van der Waals surface area contributed by atoms with Gasteiger partial charge in [0.1, 0.15) is 5.82 Å². The summed E-state index contributed by atoms with van der Waals surface area (Å²) >= 11 is 0. The molecule has 3 aromatic rings. The average molecular weight is 462 g/mol. The maximum atomic E-state index is 14.0. The van der Waals surface area contributed by atoms with Gasteiger partial charge in [-0.3, -0.25) is 9.59 Å². The third-order valence-corrected chi connectivity index (χ3v) is 6.86. The lowest BCUT2D eigenvalue weighted by molar-refractivity contribution is 0.0786. The van der Waals surface area contributed by atoms with Gasteiger partial charge in [0.2, 0.25) is 0 Å². The minimum atomic E-state index is -0.281. The number of halogens is 1.